The largest absolute Gasteiger partial charge is 0.496 e. The van der Waals surface area contributed by atoms with Crippen LogP contribution in [0, 0.1) is 0 Å². The predicted molar refractivity (Wildman–Crippen MR) is 115 cm³/mol. The summed E-state index contributed by atoms with van der Waals surface area (Å²) >= 11 is 4.67. The molecule has 2 aromatic heterocycles. The first-order chi connectivity index (χ1) is 14.0. The van der Waals surface area contributed by atoms with Crippen LogP contribution in [0.1, 0.15) is 20.9 Å². The van der Waals surface area contributed by atoms with Crippen LogP contribution in [0.4, 0.5) is 10.8 Å². The number of fused-ring (bicyclic) bond motifs is 1. The molecule has 2 heterocycles. The molecule has 2 amide bonds. The zero-order chi connectivity index (χ0) is 20.4. The first kappa shape index (κ1) is 19.2. The number of thiazole rings is 1. The Labute approximate surface area is 177 Å². The molecule has 4 rings (SSSR count). The smallest absolute Gasteiger partial charge is 0.293 e. The van der Waals surface area contributed by atoms with E-state index < -0.39 is 0 Å². The summed E-state index contributed by atoms with van der Waals surface area (Å²) < 4.78 is 11.9. The van der Waals surface area contributed by atoms with Crippen molar-refractivity contribution in [1.82, 2.24) is 4.98 Å². The van der Waals surface area contributed by atoms with Gasteiger partial charge in [-0.2, -0.15) is 0 Å². The molecule has 0 saturated carbocycles. The van der Waals surface area contributed by atoms with E-state index in [0.717, 1.165) is 9.17 Å². The van der Waals surface area contributed by atoms with Gasteiger partial charge in [0.2, 0.25) is 0 Å². The Kier molecular flexibility index (Phi) is 5.32. The first-order valence-corrected chi connectivity index (χ1v) is 10.0. The van der Waals surface area contributed by atoms with E-state index >= 15 is 0 Å². The molecule has 0 spiro atoms. The van der Waals surface area contributed by atoms with E-state index in [4.69, 9.17) is 9.15 Å². The van der Waals surface area contributed by atoms with Gasteiger partial charge in [0.25, 0.3) is 11.8 Å². The number of hydrogen-bond acceptors (Lipinski definition) is 6. The molecule has 4 aromatic rings. The maximum Gasteiger partial charge on any atom is 0.293 e. The zero-order valence-electron chi connectivity index (χ0n) is 15.1. The molecule has 146 valence electrons. The summed E-state index contributed by atoms with van der Waals surface area (Å²) in [7, 11) is 1.52. The minimum Gasteiger partial charge on any atom is -0.496 e. The number of halogens is 1. The van der Waals surface area contributed by atoms with Crippen molar-refractivity contribution in [3.8, 4) is 5.75 Å². The number of anilines is 2. The molecule has 0 atom stereocenters. The maximum absolute atomic E-state index is 12.7. The van der Waals surface area contributed by atoms with Crippen molar-refractivity contribution >= 4 is 60.1 Å². The summed E-state index contributed by atoms with van der Waals surface area (Å²) in [5.74, 6) is 0.0235. The molecule has 0 fully saturated rings. The third kappa shape index (κ3) is 4.15. The van der Waals surface area contributed by atoms with Gasteiger partial charge in [0.05, 0.1) is 29.2 Å². The van der Waals surface area contributed by atoms with Crippen molar-refractivity contribution in [2.45, 2.75) is 0 Å². The summed E-state index contributed by atoms with van der Waals surface area (Å²) in [5.41, 5.74) is 1.73. The lowest BCUT2D eigenvalue weighted by molar-refractivity contribution is 0.0994. The van der Waals surface area contributed by atoms with E-state index in [1.54, 1.807) is 48.5 Å². The molecule has 0 aliphatic carbocycles. The number of ether oxygens (including phenoxy) is 1. The lowest BCUT2D eigenvalue weighted by Crippen LogP contribution is -2.13. The van der Waals surface area contributed by atoms with Gasteiger partial charge in [-0.05, 0) is 48.5 Å². The second-order valence-corrected chi connectivity index (χ2v) is 7.88. The Morgan fingerprint density at radius 2 is 1.97 bits per heavy atom. The van der Waals surface area contributed by atoms with Gasteiger partial charge < -0.3 is 14.5 Å². The fraction of sp³-hybridized carbons (Fsp3) is 0.0500. The Bertz CT molecular complexity index is 1200. The second kappa shape index (κ2) is 8.06. The fourth-order valence-electron chi connectivity index (χ4n) is 2.68. The van der Waals surface area contributed by atoms with Crippen LogP contribution in [0.5, 0.6) is 5.75 Å². The molecule has 0 unspecified atom stereocenters. The highest BCUT2D eigenvalue weighted by Crippen LogP contribution is 2.30. The SMILES string of the molecule is COc1ccc(Br)cc1C(=O)Nc1ccc2nc(NC(=O)c3ccco3)sc2c1. The number of amides is 2. The van der Waals surface area contributed by atoms with Gasteiger partial charge in [-0.1, -0.05) is 27.3 Å². The number of hydrogen-bond donors (Lipinski definition) is 2. The van der Waals surface area contributed by atoms with Crippen molar-refractivity contribution in [2.75, 3.05) is 17.7 Å². The number of carbonyl (C=O) groups is 2. The van der Waals surface area contributed by atoms with Crippen LogP contribution in [-0.2, 0) is 0 Å². The topological polar surface area (TPSA) is 93.5 Å². The summed E-state index contributed by atoms with van der Waals surface area (Å²) in [6.07, 6.45) is 1.43. The van der Waals surface area contributed by atoms with E-state index in [0.29, 0.717) is 27.6 Å². The molecule has 0 saturated heterocycles. The fourth-order valence-corrected chi connectivity index (χ4v) is 3.94. The van der Waals surface area contributed by atoms with Gasteiger partial charge in [-0.15, -0.1) is 0 Å². The summed E-state index contributed by atoms with van der Waals surface area (Å²) in [4.78, 5) is 29.2. The molecule has 7 nitrogen and oxygen atoms in total. The second-order valence-electron chi connectivity index (χ2n) is 5.93. The molecule has 2 N–H and O–H groups in total. The van der Waals surface area contributed by atoms with Gasteiger partial charge >= 0.3 is 0 Å². The molecular weight excluding hydrogens is 458 g/mol. The Hall–Kier alpha value is -3.17. The standard InChI is InChI=1S/C20H14BrN3O4S/c1-27-15-7-4-11(21)9-13(15)18(25)22-12-5-6-14-17(10-12)29-20(23-14)24-19(26)16-3-2-8-28-16/h2-10H,1H3,(H,22,25)(H,23,24,26). The molecule has 2 aromatic carbocycles. The van der Waals surface area contributed by atoms with Crippen molar-refractivity contribution in [3.63, 3.8) is 0 Å². The van der Waals surface area contributed by atoms with Gasteiger partial charge in [0.15, 0.2) is 10.9 Å². The van der Waals surface area contributed by atoms with Crippen LogP contribution in [0.3, 0.4) is 0 Å². The highest BCUT2D eigenvalue weighted by atomic mass is 79.9. The van der Waals surface area contributed by atoms with Gasteiger partial charge in [0, 0.05) is 10.2 Å². The number of nitrogens with zero attached hydrogens (tertiary/aromatic N) is 1. The maximum atomic E-state index is 12.7. The number of benzene rings is 2. The highest BCUT2D eigenvalue weighted by molar-refractivity contribution is 9.10. The van der Waals surface area contributed by atoms with Crippen LogP contribution in [0.15, 0.2) is 63.7 Å². The van der Waals surface area contributed by atoms with Crippen LogP contribution >= 0.6 is 27.3 Å². The van der Waals surface area contributed by atoms with Gasteiger partial charge in [0.1, 0.15) is 5.75 Å². The number of rotatable bonds is 5. The van der Waals surface area contributed by atoms with E-state index in [-0.39, 0.29) is 17.6 Å². The molecule has 0 aliphatic heterocycles. The van der Waals surface area contributed by atoms with Crippen molar-refractivity contribution in [2.24, 2.45) is 0 Å². The van der Waals surface area contributed by atoms with E-state index in [2.05, 4.69) is 31.5 Å². The number of carbonyl (C=O) groups excluding carboxylic acids is 2. The number of nitrogens with one attached hydrogen (secondary N) is 2. The minimum absolute atomic E-state index is 0.208. The van der Waals surface area contributed by atoms with Crippen LogP contribution in [0.25, 0.3) is 10.2 Å². The molecule has 29 heavy (non-hydrogen) atoms. The van der Waals surface area contributed by atoms with E-state index in [1.807, 2.05) is 0 Å². The van der Waals surface area contributed by atoms with Crippen LogP contribution in [-0.4, -0.2) is 23.9 Å². The Balaban J connectivity index is 1.54. The summed E-state index contributed by atoms with van der Waals surface area (Å²) in [6, 6.07) is 13.8. The van der Waals surface area contributed by atoms with Crippen LogP contribution < -0.4 is 15.4 Å². The zero-order valence-corrected chi connectivity index (χ0v) is 17.5. The lowest BCUT2D eigenvalue weighted by Gasteiger charge is -2.09. The molecular formula is C20H14BrN3O4S. The average Bonchev–Trinajstić information content (AvgIpc) is 3.37. The van der Waals surface area contributed by atoms with Crippen molar-refractivity contribution < 1.29 is 18.7 Å². The number of methoxy groups -OCH3 is 1. The lowest BCUT2D eigenvalue weighted by atomic mass is 10.2. The normalized spacial score (nSPS) is 10.7. The molecule has 9 heteroatoms. The Morgan fingerprint density at radius 3 is 2.72 bits per heavy atom. The molecule has 0 radical (unpaired) electrons. The van der Waals surface area contributed by atoms with Crippen LogP contribution in [0.2, 0.25) is 0 Å². The summed E-state index contributed by atoms with van der Waals surface area (Å²) in [6.45, 7) is 0. The van der Waals surface area contributed by atoms with E-state index in [1.165, 1.54) is 24.7 Å². The number of aromatic nitrogens is 1. The third-order valence-electron chi connectivity index (χ3n) is 4.02. The van der Waals surface area contributed by atoms with Gasteiger partial charge in [-0.3, -0.25) is 14.9 Å². The van der Waals surface area contributed by atoms with Crippen molar-refractivity contribution in [1.29, 1.82) is 0 Å². The quantitative estimate of drug-likeness (QED) is 0.418. The van der Waals surface area contributed by atoms with Gasteiger partial charge in [-0.25, -0.2) is 4.98 Å². The van der Waals surface area contributed by atoms with Crippen molar-refractivity contribution in [3.05, 3.63) is 70.6 Å². The number of furan rings is 1. The third-order valence-corrected chi connectivity index (χ3v) is 5.44. The summed E-state index contributed by atoms with van der Waals surface area (Å²) in [5, 5.41) is 6.01. The highest BCUT2D eigenvalue weighted by Gasteiger charge is 2.15. The molecule has 0 bridgehead atoms. The first-order valence-electron chi connectivity index (χ1n) is 8.44. The predicted octanol–water partition coefficient (Wildman–Crippen LogP) is 5.17. The minimum atomic E-state index is -0.371. The average molecular weight is 472 g/mol. The monoisotopic (exact) mass is 471 g/mol. The van der Waals surface area contributed by atoms with E-state index in [9.17, 15) is 9.59 Å². The molecule has 0 aliphatic rings. The Morgan fingerprint density at radius 1 is 1.10 bits per heavy atom.